The lowest BCUT2D eigenvalue weighted by Crippen LogP contribution is -2.63. The molecule has 0 radical (unpaired) electrons. The zero-order chi connectivity index (χ0) is 23.3. The molecule has 1 aliphatic heterocycles. The van der Waals surface area contributed by atoms with Crippen LogP contribution in [-0.4, -0.2) is 46.9 Å². The minimum atomic E-state index is -1.27. The predicted octanol–water partition coefficient (Wildman–Crippen LogP) is 1.72. The molecule has 4 N–H and O–H groups in total. The summed E-state index contributed by atoms with van der Waals surface area (Å²) in [6, 6.07) is 10.7. The summed E-state index contributed by atoms with van der Waals surface area (Å²) < 4.78 is 0. The highest BCUT2D eigenvalue weighted by molar-refractivity contribution is 6.35. The molecule has 1 aliphatic rings. The minimum Gasteiger partial charge on any atom is -0.480 e. The Hall–Kier alpha value is -3.10. The van der Waals surface area contributed by atoms with Crippen LogP contribution in [0.2, 0.25) is 10.0 Å². The van der Waals surface area contributed by atoms with Gasteiger partial charge in [0, 0.05) is 22.9 Å². The third-order valence-corrected chi connectivity index (χ3v) is 5.60. The molecule has 8 nitrogen and oxygen atoms in total. The third kappa shape index (κ3) is 6.21. The second kappa shape index (κ2) is 10.5. The van der Waals surface area contributed by atoms with Gasteiger partial charge in [-0.2, -0.15) is 0 Å². The van der Waals surface area contributed by atoms with Crippen molar-refractivity contribution in [3.8, 4) is 0 Å². The van der Waals surface area contributed by atoms with Gasteiger partial charge in [0.05, 0.1) is 6.42 Å². The van der Waals surface area contributed by atoms with Crippen molar-refractivity contribution in [1.82, 2.24) is 16.0 Å². The van der Waals surface area contributed by atoms with Gasteiger partial charge in [0.2, 0.25) is 17.7 Å². The highest BCUT2D eigenvalue weighted by Crippen LogP contribution is 2.22. The molecule has 168 valence electrons. The van der Waals surface area contributed by atoms with E-state index in [9.17, 15) is 24.3 Å². The van der Waals surface area contributed by atoms with E-state index in [1.165, 1.54) is 6.07 Å². The number of amides is 3. The molecule has 2 aromatic rings. The molecular weight excluding hydrogens is 457 g/mol. The van der Waals surface area contributed by atoms with E-state index < -0.39 is 48.2 Å². The van der Waals surface area contributed by atoms with E-state index >= 15 is 0 Å². The topological polar surface area (TPSA) is 125 Å². The highest BCUT2D eigenvalue weighted by Gasteiger charge is 2.35. The summed E-state index contributed by atoms with van der Waals surface area (Å²) >= 11 is 11.9. The second-order valence-electron chi connectivity index (χ2n) is 7.41. The SMILES string of the molecule is O=C(C[C@@H]1NC(=O)[C@H](Cc2ccccc2)NC1=O)N[C@H](Cc1ccc(Cl)cc1Cl)C(=O)O. The van der Waals surface area contributed by atoms with E-state index in [4.69, 9.17) is 23.2 Å². The van der Waals surface area contributed by atoms with E-state index in [-0.39, 0.29) is 11.4 Å². The van der Waals surface area contributed by atoms with Crippen LogP contribution in [0.4, 0.5) is 0 Å². The predicted molar refractivity (Wildman–Crippen MR) is 118 cm³/mol. The van der Waals surface area contributed by atoms with Crippen molar-refractivity contribution >= 4 is 46.9 Å². The van der Waals surface area contributed by atoms with Gasteiger partial charge in [-0.15, -0.1) is 0 Å². The van der Waals surface area contributed by atoms with Gasteiger partial charge in [-0.1, -0.05) is 59.6 Å². The van der Waals surface area contributed by atoms with Crippen LogP contribution in [0.5, 0.6) is 0 Å². The number of carboxylic acids is 1. The summed E-state index contributed by atoms with van der Waals surface area (Å²) in [5, 5.41) is 17.7. The first kappa shape index (κ1) is 23.6. The van der Waals surface area contributed by atoms with Gasteiger partial charge < -0.3 is 21.1 Å². The van der Waals surface area contributed by atoms with Gasteiger partial charge in [-0.3, -0.25) is 14.4 Å². The Kier molecular flexibility index (Phi) is 7.71. The molecule has 32 heavy (non-hydrogen) atoms. The summed E-state index contributed by atoms with van der Waals surface area (Å²) in [7, 11) is 0. The van der Waals surface area contributed by atoms with Crippen molar-refractivity contribution < 1.29 is 24.3 Å². The maximum atomic E-state index is 12.4. The maximum Gasteiger partial charge on any atom is 0.326 e. The zero-order valence-corrected chi connectivity index (χ0v) is 18.3. The minimum absolute atomic E-state index is 0.0700. The number of hydrogen-bond acceptors (Lipinski definition) is 4. The fourth-order valence-electron chi connectivity index (χ4n) is 3.36. The van der Waals surface area contributed by atoms with Gasteiger partial charge in [0.1, 0.15) is 18.1 Å². The molecule has 1 heterocycles. The number of nitrogens with one attached hydrogen (secondary N) is 3. The summed E-state index contributed by atoms with van der Waals surface area (Å²) in [5.41, 5.74) is 1.38. The van der Waals surface area contributed by atoms with E-state index in [1.807, 2.05) is 30.3 Å². The van der Waals surface area contributed by atoms with Gasteiger partial charge in [-0.05, 0) is 23.3 Å². The molecule has 0 spiro atoms. The number of piperazine rings is 1. The van der Waals surface area contributed by atoms with Crippen LogP contribution in [-0.2, 0) is 32.0 Å². The molecule has 0 unspecified atom stereocenters. The summed E-state index contributed by atoms with van der Waals surface area (Å²) in [6.07, 6.45) is -0.145. The Morgan fingerprint density at radius 2 is 1.66 bits per heavy atom. The van der Waals surface area contributed by atoms with Crippen molar-refractivity contribution in [1.29, 1.82) is 0 Å². The molecule has 2 aromatic carbocycles. The number of benzene rings is 2. The average molecular weight is 478 g/mol. The molecule has 1 fully saturated rings. The fourth-order valence-corrected chi connectivity index (χ4v) is 3.84. The molecular formula is C22H21Cl2N3O5. The lowest BCUT2D eigenvalue weighted by atomic mass is 10.0. The second-order valence-corrected chi connectivity index (χ2v) is 8.26. The normalized spacial score (nSPS) is 18.9. The molecule has 3 atom stereocenters. The smallest absolute Gasteiger partial charge is 0.326 e. The summed E-state index contributed by atoms with van der Waals surface area (Å²) in [6.45, 7) is 0. The first-order chi connectivity index (χ1) is 15.2. The van der Waals surface area contributed by atoms with Gasteiger partial charge in [0.15, 0.2) is 0 Å². The fraction of sp³-hybridized carbons (Fsp3) is 0.273. The number of carbonyl (C=O) groups excluding carboxylic acids is 3. The van der Waals surface area contributed by atoms with Crippen LogP contribution >= 0.6 is 23.2 Å². The standard InChI is InChI=1S/C22H21Cl2N3O5/c23-14-7-6-13(15(24)10-14)9-18(22(31)32)25-19(28)11-17-21(30)26-16(20(29)27-17)8-12-4-2-1-3-5-12/h1-7,10,16-18H,8-9,11H2,(H,25,28)(H,26,30)(H,27,29)(H,31,32)/t16-,17-,18+/m0/s1. The summed E-state index contributed by atoms with van der Waals surface area (Å²) in [5.74, 6) is -2.86. The molecule has 0 aliphatic carbocycles. The van der Waals surface area contributed by atoms with E-state index in [0.717, 1.165) is 5.56 Å². The van der Waals surface area contributed by atoms with Crippen molar-refractivity contribution in [2.45, 2.75) is 37.4 Å². The molecule has 3 amide bonds. The Bertz CT molecular complexity index is 1030. The quantitative estimate of drug-likeness (QED) is 0.460. The lowest BCUT2D eigenvalue weighted by molar-refractivity contribution is -0.142. The van der Waals surface area contributed by atoms with E-state index in [0.29, 0.717) is 17.0 Å². The van der Waals surface area contributed by atoms with Gasteiger partial charge >= 0.3 is 5.97 Å². The molecule has 0 bridgehead atoms. The number of hydrogen-bond donors (Lipinski definition) is 4. The van der Waals surface area contributed by atoms with Crippen LogP contribution in [0.1, 0.15) is 17.5 Å². The number of rotatable bonds is 8. The van der Waals surface area contributed by atoms with Crippen LogP contribution in [0, 0.1) is 0 Å². The first-order valence-electron chi connectivity index (χ1n) is 9.83. The Labute approximate surface area is 194 Å². The number of aliphatic carboxylic acids is 1. The van der Waals surface area contributed by atoms with Crippen molar-refractivity contribution in [3.05, 3.63) is 69.7 Å². The zero-order valence-electron chi connectivity index (χ0n) is 16.8. The van der Waals surface area contributed by atoms with Crippen LogP contribution in [0.25, 0.3) is 0 Å². The lowest BCUT2D eigenvalue weighted by Gasteiger charge is -2.29. The van der Waals surface area contributed by atoms with Crippen LogP contribution < -0.4 is 16.0 Å². The Morgan fingerprint density at radius 1 is 1.00 bits per heavy atom. The molecule has 1 saturated heterocycles. The highest BCUT2D eigenvalue weighted by atomic mass is 35.5. The van der Waals surface area contributed by atoms with Crippen LogP contribution in [0.3, 0.4) is 0 Å². The molecule has 3 rings (SSSR count). The van der Waals surface area contributed by atoms with E-state index in [2.05, 4.69) is 16.0 Å². The largest absolute Gasteiger partial charge is 0.480 e. The number of carbonyl (C=O) groups is 4. The van der Waals surface area contributed by atoms with Crippen molar-refractivity contribution in [3.63, 3.8) is 0 Å². The van der Waals surface area contributed by atoms with Crippen LogP contribution in [0.15, 0.2) is 48.5 Å². The average Bonchev–Trinajstić information content (AvgIpc) is 2.73. The summed E-state index contributed by atoms with van der Waals surface area (Å²) in [4.78, 5) is 48.8. The van der Waals surface area contributed by atoms with Crippen molar-refractivity contribution in [2.75, 3.05) is 0 Å². The van der Waals surface area contributed by atoms with Gasteiger partial charge in [0.25, 0.3) is 0 Å². The monoisotopic (exact) mass is 477 g/mol. The Morgan fingerprint density at radius 3 is 2.31 bits per heavy atom. The third-order valence-electron chi connectivity index (χ3n) is 5.01. The molecule has 0 aromatic heterocycles. The maximum absolute atomic E-state index is 12.4. The number of carboxylic acid groups (broad SMARTS) is 1. The first-order valence-corrected chi connectivity index (χ1v) is 10.6. The Balaban J connectivity index is 1.57. The molecule has 0 saturated carbocycles. The van der Waals surface area contributed by atoms with Crippen molar-refractivity contribution in [2.24, 2.45) is 0 Å². The van der Waals surface area contributed by atoms with E-state index in [1.54, 1.807) is 12.1 Å². The number of halogens is 2. The van der Waals surface area contributed by atoms with Gasteiger partial charge in [-0.25, -0.2) is 4.79 Å². The molecule has 10 heteroatoms.